The molecule has 31 heavy (non-hydrogen) atoms. The Bertz CT molecular complexity index is 1110. The molecule has 0 radical (unpaired) electrons. The van der Waals surface area contributed by atoms with Crippen LogP contribution in [0, 0.1) is 13.8 Å². The molecule has 2 amide bonds. The lowest BCUT2D eigenvalue weighted by Crippen LogP contribution is -2.48. The second-order valence-electron chi connectivity index (χ2n) is 8.13. The number of carbonyl (C=O) groups is 2. The highest BCUT2D eigenvalue weighted by atomic mass is 16.2. The van der Waals surface area contributed by atoms with E-state index in [1.807, 2.05) is 17.0 Å². The maximum absolute atomic E-state index is 13.0. The molecule has 0 bridgehead atoms. The monoisotopic (exact) mass is 419 g/mol. The minimum Gasteiger partial charge on any atom is -0.336 e. The minimum absolute atomic E-state index is 0.00806. The fourth-order valence-electron chi connectivity index (χ4n) is 3.99. The molecule has 1 saturated heterocycles. The molecule has 0 spiro atoms. The summed E-state index contributed by atoms with van der Waals surface area (Å²) < 4.78 is 2.16. The van der Waals surface area contributed by atoms with Crippen LogP contribution in [0.1, 0.15) is 40.7 Å². The molecule has 0 atom stereocenters. The lowest BCUT2D eigenvalue weighted by atomic mass is 10.1. The molecule has 4 rings (SSSR count). The number of piperazine rings is 1. The molecule has 0 saturated carbocycles. The van der Waals surface area contributed by atoms with Crippen LogP contribution in [0.5, 0.6) is 0 Å². The number of pyridine rings is 1. The average molecular weight is 420 g/mol. The van der Waals surface area contributed by atoms with Crippen molar-refractivity contribution in [1.29, 1.82) is 0 Å². The van der Waals surface area contributed by atoms with E-state index in [-0.39, 0.29) is 11.8 Å². The van der Waals surface area contributed by atoms with Crippen molar-refractivity contribution in [3.05, 3.63) is 65.1 Å². The number of aromatic nitrogens is 2. The molecular weight excluding hydrogens is 390 g/mol. The number of carbonyl (C=O) groups excluding carboxylic acids is 2. The zero-order chi connectivity index (χ0) is 22.0. The third kappa shape index (κ3) is 4.61. The summed E-state index contributed by atoms with van der Waals surface area (Å²) in [5.74, 6) is -0.0511. The van der Waals surface area contributed by atoms with Crippen LogP contribution in [0.4, 0.5) is 5.69 Å². The van der Waals surface area contributed by atoms with Crippen LogP contribution in [-0.2, 0) is 11.3 Å². The van der Waals surface area contributed by atoms with Gasteiger partial charge in [-0.05, 0) is 49.7 Å². The van der Waals surface area contributed by atoms with E-state index >= 15 is 0 Å². The van der Waals surface area contributed by atoms with Gasteiger partial charge in [-0.15, -0.1) is 0 Å². The van der Waals surface area contributed by atoms with Crippen LogP contribution in [0.15, 0.2) is 42.6 Å². The summed E-state index contributed by atoms with van der Waals surface area (Å²) in [5, 5.41) is 2.82. The van der Waals surface area contributed by atoms with E-state index in [2.05, 4.69) is 46.8 Å². The third-order valence-electron chi connectivity index (χ3n) is 5.83. The molecule has 0 unspecified atom stereocenters. The van der Waals surface area contributed by atoms with E-state index in [1.54, 1.807) is 19.1 Å². The molecule has 7 heteroatoms. The summed E-state index contributed by atoms with van der Waals surface area (Å²) >= 11 is 0. The number of amides is 2. The van der Waals surface area contributed by atoms with Crippen molar-refractivity contribution in [3.8, 4) is 0 Å². The second-order valence-corrected chi connectivity index (χ2v) is 8.13. The Kier molecular flexibility index (Phi) is 6.04. The van der Waals surface area contributed by atoms with Gasteiger partial charge in [0.25, 0.3) is 5.91 Å². The quantitative estimate of drug-likeness (QED) is 0.689. The predicted molar refractivity (Wildman–Crippen MR) is 121 cm³/mol. The van der Waals surface area contributed by atoms with E-state index in [0.29, 0.717) is 30.8 Å². The Morgan fingerprint density at radius 2 is 1.84 bits per heavy atom. The minimum atomic E-state index is -0.0592. The Morgan fingerprint density at radius 3 is 2.58 bits per heavy atom. The standard InChI is InChI=1S/C24H29N5O2/c1-4-23(30)26-20-7-5-6-19(15-20)24(31)28-12-10-27(11-13-28)16-21-18(3)25-22-14-17(2)8-9-29(21)22/h5-9,14-15H,4,10-13,16H2,1-3H3,(H,26,30). The lowest BCUT2D eigenvalue weighted by molar-refractivity contribution is -0.115. The largest absolute Gasteiger partial charge is 0.336 e. The summed E-state index contributed by atoms with van der Waals surface area (Å²) in [5.41, 5.74) is 5.71. The highest BCUT2D eigenvalue weighted by Crippen LogP contribution is 2.18. The van der Waals surface area contributed by atoms with Crippen LogP contribution in [0.3, 0.4) is 0 Å². The van der Waals surface area contributed by atoms with Crippen molar-refractivity contribution in [2.45, 2.75) is 33.7 Å². The van der Waals surface area contributed by atoms with Crippen LogP contribution >= 0.6 is 0 Å². The van der Waals surface area contributed by atoms with Gasteiger partial charge in [0.05, 0.1) is 11.4 Å². The first-order valence-corrected chi connectivity index (χ1v) is 10.8. The molecule has 162 valence electrons. The van der Waals surface area contributed by atoms with Crippen molar-refractivity contribution in [1.82, 2.24) is 19.2 Å². The van der Waals surface area contributed by atoms with Gasteiger partial charge in [0, 0.05) is 56.6 Å². The molecule has 3 heterocycles. The highest BCUT2D eigenvalue weighted by Gasteiger charge is 2.23. The third-order valence-corrected chi connectivity index (χ3v) is 5.83. The predicted octanol–water partition coefficient (Wildman–Crippen LogP) is 3.26. The number of fused-ring (bicyclic) bond motifs is 1. The number of hydrogen-bond acceptors (Lipinski definition) is 4. The van der Waals surface area contributed by atoms with Crippen molar-refractivity contribution in [2.75, 3.05) is 31.5 Å². The maximum Gasteiger partial charge on any atom is 0.254 e. The Hall–Kier alpha value is -3.19. The van der Waals surface area contributed by atoms with Crippen LogP contribution in [0.2, 0.25) is 0 Å². The number of rotatable bonds is 5. The number of imidazole rings is 1. The van der Waals surface area contributed by atoms with E-state index in [0.717, 1.165) is 31.0 Å². The van der Waals surface area contributed by atoms with Gasteiger partial charge in [-0.1, -0.05) is 13.0 Å². The molecule has 1 aliphatic heterocycles. The number of nitrogens with zero attached hydrogens (tertiary/aromatic N) is 4. The summed E-state index contributed by atoms with van der Waals surface area (Å²) in [7, 11) is 0. The summed E-state index contributed by atoms with van der Waals surface area (Å²) in [6.45, 7) is 9.75. The van der Waals surface area contributed by atoms with Gasteiger partial charge in [0.2, 0.25) is 5.91 Å². The molecule has 1 N–H and O–H groups in total. The van der Waals surface area contributed by atoms with Crippen molar-refractivity contribution >= 4 is 23.1 Å². The van der Waals surface area contributed by atoms with Gasteiger partial charge >= 0.3 is 0 Å². The Balaban J connectivity index is 1.39. The highest BCUT2D eigenvalue weighted by molar-refractivity contribution is 5.97. The smallest absolute Gasteiger partial charge is 0.254 e. The van der Waals surface area contributed by atoms with Crippen LogP contribution in [-0.4, -0.2) is 57.2 Å². The van der Waals surface area contributed by atoms with E-state index in [9.17, 15) is 9.59 Å². The zero-order valence-corrected chi connectivity index (χ0v) is 18.4. The van der Waals surface area contributed by atoms with E-state index < -0.39 is 0 Å². The van der Waals surface area contributed by atoms with E-state index in [1.165, 1.54) is 11.3 Å². The number of aryl methyl sites for hydroxylation is 2. The van der Waals surface area contributed by atoms with Gasteiger partial charge in [-0.3, -0.25) is 14.5 Å². The molecule has 1 fully saturated rings. The number of nitrogens with one attached hydrogen (secondary N) is 1. The summed E-state index contributed by atoms with van der Waals surface area (Å²) in [4.78, 5) is 33.6. The molecule has 7 nitrogen and oxygen atoms in total. The van der Waals surface area contributed by atoms with Crippen molar-refractivity contribution in [3.63, 3.8) is 0 Å². The van der Waals surface area contributed by atoms with Gasteiger partial charge in [-0.25, -0.2) is 4.98 Å². The van der Waals surface area contributed by atoms with Gasteiger partial charge in [0.15, 0.2) is 0 Å². The molecule has 2 aromatic heterocycles. The summed E-state index contributed by atoms with van der Waals surface area (Å²) in [6.07, 6.45) is 2.50. The van der Waals surface area contributed by atoms with E-state index in [4.69, 9.17) is 4.98 Å². The molecule has 3 aromatic rings. The number of hydrogen-bond donors (Lipinski definition) is 1. The first kappa shape index (κ1) is 21.1. The number of anilines is 1. The van der Waals surface area contributed by atoms with Crippen LogP contribution < -0.4 is 5.32 Å². The van der Waals surface area contributed by atoms with Crippen LogP contribution in [0.25, 0.3) is 5.65 Å². The second kappa shape index (κ2) is 8.89. The molecule has 1 aliphatic rings. The number of benzene rings is 1. The molecular formula is C24H29N5O2. The van der Waals surface area contributed by atoms with Crippen molar-refractivity contribution in [2.24, 2.45) is 0 Å². The molecule has 1 aromatic carbocycles. The fraction of sp³-hybridized carbons (Fsp3) is 0.375. The lowest BCUT2D eigenvalue weighted by Gasteiger charge is -2.34. The fourth-order valence-corrected chi connectivity index (χ4v) is 3.99. The maximum atomic E-state index is 13.0. The molecule has 0 aliphatic carbocycles. The topological polar surface area (TPSA) is 70.0 Å². The van der Waals surface area contributed by atoms with Gasteiger partial charge in [-0.2, -0.15) is 0 Å². The van der Waals surface area contributed by atoms with Gasteiger partial charge in [0.1, 0.15) is 5.65 Å². The SMILES string of the molecule is CCC(=O)Nc1cccc(C(=O)N2CCN(Cc3c(C)nc4cc(C)ccn34)CC2)c1. The van der Waals surface area contributed by atoms with Crippen molar-refractivity contribution < 1.29 is 9.59 Å². The summed E-state index contributed by atoms with van der Waals surface area (Å²) in [6, 6.07) is 11.4. The first-order valence-electron chi connectivity index (χ1n) is 10.8. The normalized spacial score (nSPS) is 14.7. The average Bonchev–Trinajstić information content (AvgIpc) is 3.07. The van der Waals surface area contributed by atoms with Gasteiger partial charge < -0.3 is 14.6 Å². The Morgan fingerprint density at radius 1 is 1.06 bits per heavy atom. The Labute approximate surface area is 182 Å². The first-order chi connectivity index (χ1) is 14.9. The zero-order valence-electron chi connectivity index (χ0n) is 18.4.